The molecule has 0 amide bonds. The van der Waals surface area contributed by atoms with Gasteiger partial charge in [-0.2, -0.15) is 0 Å². The number of ether oxygens (including phenoxy) is 2. The molecule has 0 aromatic carbocycles. The van der Waals surface area contributed by atoms with Crippen molar-refractivity contribution < 1.29 is 19.1 Å². The van der Waals surface area contributed by atoms with Gasteiger partial charge in [0, 0.05) is 12.8 Å². The zero-order chi connectivity index (χ0) is 30.8. The van der Waals surface area contributed by atoms with Crippen LogP contribution in [0.25, 0.3) is 0 Å². The van der Waals surface area contributed by atoms with Crippen LogP contribution in [0.15, 0.2) is 0 Å². The second-order valence-corrected chi connectivity index (χ2v) is 12.9. The third-order valence-electron chi connectivity index (χ3n) is 8.58. The Labute approximate surface area is 263 Å². The van der Waals surface area contributed by atoms with Crippen LogP contribution in [0.4, 0.5) is 0 Å². The summed E-state index contributed by atoms with van der Waals surface area (Å²) in [5.74, 6) is 0.0184. The fraction of sp³-hybridized carbons (Fsp3) is 0.947. The fourth-order valence-corrected chi connectivity index (χ4v) is 5.73. The van der Waals surface area contributed by atoms with Crippen molar-refractivity contribution in [1.29, 1.82) is 0 Å². The summed E-state index contributed by atoms with van der Waals surface area (Å²) in [6.45, 7) is 7.33. The number of esters is 2. The van der Waals surface area contributed by atoms with Crippen molar-refractivity contribution in [3.05, 3.63) is 0 Å². The summed E-state index contributed by atoms with van der Waals surface area (Å²) < 4.78 is 11.4. The lowest BCUT2D eigenvalue weighted by atomic mass is 10.0. The van der Waals surface area contributed by atoms with Crippen LogP contribution in [-0.2, 0) is 19.1 Å². The Kier molecular flexibility index (Phi) is 33.6. The highest BCUT2D eigenvalue weighted by Crippen LogP contribution is 2.18. The van der Waals surface area contributed by atoms with Crippen LogP contribution in [-0.4, -0.2) is 24.6 Å². The highest BCUT2D eigenvalue weighted by molar-refractivity contribution is 5.69. The molecule has 4 heteroatoms. The predicted molar refractivity (Wildman–Crippen MR) is 181 cm³/mol. The van der Waals surface area contributed by atoms with Crippen molar-refractivity contribution >= 4 is 11.9 Å². The van der Waals surface area contributed by atoms with Crippen LogP contribution >= 0.6 is 0 Å². The number of carbonyl (C=O) groups is 2. The Balaban J connectivity index is 3.89. The lowest BCUT2D eigenvalue weighted by Gasteiger charge is -2.18. The molecule has 250 valence electrons. The summed E-state index contributed by atoms with van der Waals surface area (Å²) in [4.78, 5) is 24.4. The monoisotopic (exact) mass is 595 g/mol. The van der Waals surface area contributed by atoms with E-state index >= 15 is 0 Å². The van der Waals surface area contributed by atoms with Crippen LogP contribution in [0.3, 0.4) is 0 Å². The zero-order valence-corrected chi connectivity index (χ0v) is 28.8. The van der Waals surface area contributed by atoms with Gasteiger partial charge in [-0.05, 0) is 44.9 Å². The molecule has 0 aromatic rings. The molecule has 0 fully saturated rings. The SMILES string of the molecule is CCCCCCCCCC(=O)OCCCCCCCCCC(CCCCCCCC)OC(=O)CCCCCCCCC. The molecule has 0 aromatic heterocycles. The Morgan fingerprint density at radius 2 is 0.738 bits per heavy atom. The minimum atomic E-state index is -0.0119. The van der Waals surface area contributed by atoms with Crippen LogP contribution in [0.5, 0.6) is 0 Å². The third-order valence-corrected chi connectivity index (χ3v) is 8.58. The van der Waals surface area contributed by atoms with Crippen LogP contribution in [0.1, 0.15) is 220 Å². The van der Waals surface area contributed by atoms with Gasteiger partial charge in [-0.25, -0.2) is 0 Å². The van der Waals surface area contributed by atoms with E-state index in [9.17, 15) is 9.59 Å². The van der Waals surface area contributed by atoms with E-state index in [1.165, 1.54) is 128 Å². The normalized spacial score (nSPS) is 12.0. The summed E-state index contributed by atoms with van der Waals surface area (Å²) in [6, 6.07) is 0. The minimum absolute atomic E-state index is 0.0119. The number of hydrogen-bond donors (Lipinski definition) is 0. The van der Waals surface area contributed by atoms with E-state index in [1.807, 2.05) is 0 Å². The Hall–Kier alpha value is -1.06. The van der Waals surface area contributed by atoms with Crippen LogP contribution in [0, 0.1) is 0 Å². The molecule has 0 saturated carbocycles. The molecular formula is C38H74O4. The largest absolute Gasteiger partial charge is 0.466 e. The molecule has 0 aliphatic carbocycles. The molecule has 0 aliphatic heterocycles. The average molecular weight is 595 g/mol. The topological polar surface area (TPSA) is 52.6 Å². The summed E-state index contributed by atoms with van der Waals surface area (Å²) in [5.41, 5.74) is 0. The van der Waals surface area contributed by atoms with Gasteiger partial charge in [-0.1, -0.05) is 162 Å². The first-order chi connectivity index (χ1) is 20.6. The van der Waals surface area contributed by atoms with E-state index in [1.54, 1.807) is 0 Å². The number of hydrogen-bond acceptors (Lipinski definition) is 4. The minimum Gasteiger partial charge on any atom is -0.466 e. The quantitative estimate of drug-likeness (QED) is 0.0549. The zero-order valence-electron chi connectivity index (χ0n) is 28.8. The lowest BCUT2D eigenvalue weighted by Crippen LogP contribution is -2.18. The summed E-state index contributed by atoms with van der Waals surface area (Å²) in [6.07, 6.45) is 36.5. The van der Waals surface area contributed by atoms with E-state index in [0.717, 1.165) is 57.8 Å². The molecule has 0 heterocycles. The molecule has 0 rings (SSSR count). The highest BCUT2D eigenvalue weighted by Gasteiger charge is 2.14. The van der Waals surface area contributed by atoms with Gasteiger partial charge in [-0.15, -0.1) is 0 Å². The summed E-state index contributed by atoms with van der Waals surface area (Å²) in [7, 11) is 0. The van der Waals surface area contributed by atoms with Gasteiger partial charge in [0.15, 0.2) is 0 Å². The first-order valence-corrected chi connectivity index (χ1v) is 19.0. The second kappa shape index (κ2) is 34.4. The van der Waals surface area contributed by atoms with Gasteiger partial charge in [-0.3, -0.25) is 9.59 Å². The Morgan fingerprint density at radius 3 is 1.17 bits per heavy atom. The van der Waals surface area contributed by atoms with Gasteiger partial charge in [0.1, 0.15) is 6.10 Å². The highest BCUT2D eigenvalue weighted by atomic mass is 16.5. The van der Waals surface area contributed by atoms with Gasteiger partial charge < -0.3 is 9.47 Å². The van der Waals surface area contributed by atoms with E-state index in [0.29, 0.717) is 19.4 Å². The summed E-state index contributed by atoms with van der Waals surface area (Å²) >= 11 is 0. The van der Waals surface area contributed by atoms with Crippen LogP contribution in [0.2, 0.25) is 0 Å². The first kappa shape index (κ1) is 40.9. The molecular weight excluding hydrogens is 520 g/mol. The molecule has 0 N–H and O–H groups in total. The lowest BCUT2D eigenvalue weighted by molar-refractivity contribution is -0.150. The second-order valence-electron chi connectivity index (χ2n) is 12.9. The maximum Gasteiger partial charge on any atom is 0.306 e. The summed E-state index contributed by atoms with van der Waals surface area (Å²) in [5, 5.41) is 0. The van der Waals surface area contributed by atoms with Gasteiger partial charge in [0.2, 0.25) is 0 Å². The molecule has 1 unspecified atom stereocenters. The van der Waals surface area contributed by atoms with Crippen molar-refractivity contribution in [1.82, 2.24) is 0 Å². The van der Waals surface area contributed by atoms with Crippen molar-refractivity contribution in [3.8, 4) is 0 Å². The molecule has 0 aliphatic rings. The average Bonchev–Trinajstić information content (AvgIpc) is 2.98. The molecule has 0 spiro atoms. The molecule has 42 heavy (non-hydrogen) atoms. The first-order valence-electron chi connectivity index (χ1n) is 19.0. The van der Waals surface area contributed by atoms with Crippen molar-refractivity contribution in [2.24, 2.45) is 0 Å². The molecule has 1 atom stereocenters. The van der Waals surface area contributed by atoms with Gasteiger partial charge >= 0.3 is 11.9 Å². The maximum absolute atomic E-state index is 12.5. The molecule has 0 bridgehead atoms. The van der Waals surface area contributed by atoms with Crippen LogP contribution < -0.4 is 0 Å². The molecule has 4 nitrogen and oxygen atoms in total. The van der Waals surface area contributed by atoms with E-state index in [2.05, 4.69) is 20.8 Å². The van der Waals surface area contributed by atoms with Gasteiger partial charge in [0.05, 0.1) is 6.61 Å². The van der Waals surface area contributed by atoms with Crippen molar-refractivity contribution in [3.63, 3.8) is 0 Å². The standard InChI is InChI=1S/C38H74O4/c1-4-7-10-13-17-23-28-33-37(39)41-35-30-25-20-16-19-22-27-32-36(31-26-21-15-12-9-6-3)42-38(40)34-29-24-18-14-11-8-5-2/h36H,4-35H2,1-3H3. The smallest absolute Gasteiger partial charge is 0.306 e. The van der Waals surface area contributed by atoms with Crippen molar-refractivity contribution in [2.45, 2.75) is 226 Å². The van der Waals surface area contributed by atoms with E-state index in [4.69, 9.17) is 9.47 Å². The number of carbonyl (C=O) groups excluding carboxylic acids is 2. The predicted octanol–water partition coefficient (Wildman–Crippen LogP) is 12.6. The van der Waals surface area contributed by atoms with E-state index in [-0.39, 0.29) is 18.0 Å². The number of rotatable bonds is 34. The van der Waals surface area contributed by atoms with Crippen molar-refractivity contribution in [2.75, 3.05) is 6.61 Å². The fourth-order valence-electron chi connectivity index (χ4n) is 5.73. The Morgan fingerprint density at radius 1 is 0.405 bits per heavy atom. The maximum atomic E-state index is 12.5. The Bertz CT molecular complexity index is 561. The molecule has 0 radical (unpaired) electrons. The number of unbranched alkanes of at least 4 members (excludes halogenated alkanes) is 23. The molecule has 0 saturated heterocycles. The van der Waals surface area contributed by atoms with E-state index < -0.39 is 0 Å². The third kappa shape index (κ3) is 31.9. The van der Waals surface area contributed by atoms with Gasteiger partial charge in [0.25, 0.3) is 0 Å².